The molecule has 25 heavy (non-hydrogen) atoms. The fraction of sp³-hybridized carbons (Fsp3) is 0.579. The van der Waals surface area contributed by atoms with Crippen LogP contribution in [0.2, 0.25) is 0 Å². The quantitative estimate of drug-likeness (QED) is 0.913. The third kappa shape index (κ3) is 4.44. The third-order valence-corrected chi connectivity index (χ3v) is 4.50. The molecule has 2 aliphatic rings. The van der Waals surface area contributed by atoms with Gasteiger partial charge in [0.15, 0.2) is 11.5 Å². The molecule has 0 unspecified atom stereocenters. The monoisotopic (exact) mass is 346 g/mol. The van der Waals surface area contributed by atoms with Crippen LogP contribution in [0.5, 0.6) is 11.5 Å². The number of rotatable bonds is 3. The summed E-state index contributed by atoms with van der Waals surface area (Å²) in [6, 6.07) is 5.30. The van der Waals surface area contributed by atoms with Crippen LogP contribution in [0.3, 0.4) is 0 Å². The van der Waals surface area contributed by atoms with Crippen LogP contribution in [-0.2, 0) is 4.79 Å². The summed E-state index contributed by atoms with van der Waals surface area (Å²) < 4.78 is 10.6. The van der Waals surface area contributed by atoms with E-state index in [1.807, 2.05) is 4.90 Å². The zero-order valence-corrected chi connectivity index (χ0v) is 15.1. The Bertz CT molecular complexity index is 658. The number of piperidine rings is 1. The van der Waals surface area contributed by atoms with Gasteiger partial charge in [0.05, 0.1) is 0 Å². The molecule has 6 heteroatoms. The Morgan fingerprint density at radius 3 is 2.52 bits per heavy atom. The number of nitrogens with zero attached hydrogens (tertiary/aromatic N) is 1. The fourth-order valence-corrected chi connectivity index (χ4v) is 3.15. The maximum atomic E-state index is 12.4. The molecule has 0 saturated carbocycles. The van der Waals surface area contributed by atoms with Gasteiger partial charge in [-0.2, -0.15) is 0 Å². The van der Waals surface area contributed by atoms with E-state index in [0.717, 1.165) is 12.8 Å². The molecule has 0 radical (unpaired) electrons. The van der Waals surface area contributed by atoms with E-state index >= 15 is 0 Å². The van der Waals surface area contributed by atoms with E-state index in [-0.39, 0.29) is 30.1 Å². The standard InChI is InChI=1S/C19H26N2O4/c1-19(2,3)11-17(22)21-8-6-14(7-9-21)20-18(23)13-4-5-15-16(10-13)25-12-24-15/h4-5,10,14H,6-9,11-12H2,1-3H3,(H,20,23). The maximum Gasteiger partial charge on any atom is 0.251 e. The van der Waals surface area contributed by atoms with Crippen molar-refractivity contribution >= 4 is 11.8 Å². The molecule has 2 amide bonds. The lowest BCUT2D eigenvalue weighted by molar-refractivity contribution is -0.134. The number of amides is 2. The minimum atomic E-state index is -0.113. The molecule has 136 valence electrons. The Labute approximate surface area is 148 Å². The number of nitrogens with one attached hydrogen (secondary N) is 1. The van der Waals surface area contributed by atoms with Crippen molar-refractivity contribution in [2.45, 2.75) is 46.1 Å². The number of benzene rings is 1. The minimum Gasteiger partial charge on any atom is -0.454 e. The number of carbonyl (C=O) groups excluding carboxylic acids is 2. The number of likely N-dealkylation sites (tertiary alicyclic amines) is 1. The second-order valence-electron chi connectivity index (χ2n) is 7.93. The van der Waals surface area contributed by atoms with Crippen molar-refractivity contribution in [2.75, 3.05) is 19.9 Å². The van der Waals surface area contributed by atoms with Gasteiger partial charge in [-0.05, 0) is 36.5 Å². The normalized spacial score (nSPS) is 17.5. The molecule has 0 aliphatic carbocycles. The van der Waals surface area contributed by atoms with Gasteiger partial charge in [-0.25, -0.2) is 0 Å². The highest BCUT2D eigenvalue weighted by Gasteiger charge is 2.27. The smallest absolute Gasteiger partial charge is 0.251 e. The third-order valence-electron chi connectivity index (χ3n) is 4.50. The van der Waals surface area contributed by atoms with Crippen LogP contribution in [0.1, 0.15) is 50.4 Å². The summed E-state index contributed by atoms with van der Waals surface area (Å²) in [5.74, 6) is 1.36. The van der Waals surface area contributed by atoms with E-state index in [2.05, 4.69) is 26.1 Å². The Kier molecular flexibility index (Phi) is 4.88. The number of fused-ring (bicyclic) bond motifs is 1. The van der Waals surface area contributed by atoms with Crippen LogP contribution < -0.4 is 14.8 Å². The van der Waals surface area contributed by atoms with Crippen molar-refractivity contribution in [3.63, 3.8) is 0 Å². The molecule has 1 aromatic rings. The predicted molar refractivity (Wildman–Crippen MR) is 93.7 cm³/mol. The first-order valence-electron chi connectivity index (χ1n) is 8.80. The lowest BCUT2D eigenvalue weighted by atomic mass is 9.91. The van der Waals surface area contributed by atoms with Gasteiger partial charge in [0.25, 0.3) is 5.91 Å². The molecule has 1 aromatic carbocycles. The van der Waals surface area contributed by atoms with Crippen LogP contribution in [0, 0.1) is 5.41 Å². The first kappa shape index (κ1) is 17.6. The van der Waals surface area contributed by atoms with Crippen LogP contribution in [0.25, 0.3) is 0 Å². The zero-order valence-electron chi connectivity index (χ0n) is 15.1. The van der Waals surface area contributed by atoms with Crippen molar-refractivity contribution in [1.29, 1.82) is 0 Å². The van der Waals surface area contributed by atoms with Crippen LogP contribution in [0.4, 0.5) is 0 Å². The fourth-order valence-electron chi connectivity index (χ4n) is 3.15. The van der Waals surface area contributed by atoms with Gasteiger partial charge in [0.2, 0.25) is 12.7 Å². The van der Waals surface area contributed by atoms with Gasteiger partial charge < -0.3 is 19.7 Å². The first-order valence-corrected chi connectivity index (χ1v) is 8.80. The number of carbonyl (C=O) groups is 2. The Balaban J connectivity index is 1.50. The average Bonchev–Trinajstić information content (AvgIpc) is 3.01. The Morgan fingerprint density at radius 1 is 1.16 bits per heavy atom. The number of hydrogen-bond donors (Lipinski definition) is 1. The van der Waals surface area contributed by atoms with Crippen molar-refractivity contribution in [3.05, 3.63) is 23.8 Å². The Hall–Kier alpha value is -2.24. The van der Waals surface area contributed by atoms with E-state index in [1.54, 1.807) is 18.2 Å². The van der Waals surface area contributed by atoms with Crippen LogP contribution in [0.15, 0.2) is 18.2 Å². The molecule has 0 spiro atoms. The minimum absolute atomic E-state index is 0.00149. The molecule has 6 nitrogen and oxygen atoms in total. The van der Waals surface area contributed by atoms with E-state index in [1.165, 1.54) is 0 Å². The summed E-state index contributed by atoms with van der Waals surface area (Å²) in [5.41, 5.74) is 0.567. The summed E-state index contributed by atoms with van der Waals surface area (Å²) in [6.45, 7) is 7.80. The summed E-state index contributed by atoms with van der Waals surface area (Å²) in [6.07, 6.45) is 2.12. The van der Waals surface area contributed by atoms with Gasteiger partial charge in [-0.3, -0.25) is 9.59 Å². The topological polar surface area (TPSA) is 67.9 Å². The second-order valence-corrected chi connectivity index (χ2v) is 7.93. The van der Waals surface area contributed by atoms with E-state index in [9.17, 15) is 9.59 Å². The number of hydrogen-bond acceptors (Lipinski definition) is 4. The summed E-state index contributed by atoms with van der Waals surface area (Å²) in [5, 5.41) is 3.06. The van der Waals surface area contributed by atoms with Crippen molar-refractivity contribution in [2.24, 2.45) is 5.41 Å². The summed E-state index contributed by atoms with van der Waals surface area (Å²) >= 11 is 0. The molecule has 1 fully saturated rings. The molecule has 3 rings (SSSR count). The molecule has 1 N–H and O–H groups in total. The Morgan fingerprint density at radius 2 is 1.84 bits per heavy atom. The zero-order chi connectivity index (χ0) is 18.0. The molecule has 2 aliphatic heterocycles. The van der Waals surface area contributed by atoms with Gasteiger partial charge in [-0.1, -0.05) is 20.8 Å². The largest absolute Gasteiger partial charge is 0.454 e. The summed E-state index contributed by atoms with van der Waals surface area (Å²) in [4.78, 5) is 26.6. The maximum absolute atomic E-state index is 12.4. The molecule has 2 heterocycles. The highest BCUT2D eigenvalue weighted by atomic mass is 16.7. The highest BCUT2D eigenvalue weighted by molar-refractivity contribution is 5.95. The van der Waals surface area contributed by atoms with Crippen LogP contribution >= 0.6 is 0 Å². The number of ether oxygens (including phenoxy) is 2. The molecule has 0 bridgehead atoms. The SMILES string of the molecule is CC(C)(C)CC(=O)N1CCC(NC(=O)c2ccc3c(c2)OCO3)CC1. The van der Waals surface area contributed by atoms with E-state index in [0.29, 0.717) is 36.6 Å². The molecular formula is C19H26N2O4. The predicted octanol–water partition coefficient (Wildman–Crippen LogP) is 2.57. The average molecular weight is 346 g/mol. The van der Waals surface area contributed by atoms with Crippen molar-refractivity contribution in [3.8, 4) is 11.5 Å². The first-order chi connectivity index (χ1) is 11.8. The summed E-state index contributed by atoms with van der Waals surface area (Å²) in [7, 11) is 0. The highest BCUT2D eigenvalue weighted by Crippen LogP contribution is 2.32. The van der Waals surface area contributed by atoms with Gasteiger partial charge >= 0.3 is 0 Å². The molecular weight excluding hydrogens is 320 g/mol. The lowest BCUT2D eigenvalue weighted by Gasteiger charge is -2.34. The molecule has 1 saturated heterocycles. The second kappa shape index (κ2) is 6.94. The van der Waals surface area contributed by atoms with Gasteiger partial charge in [0.1, 0.15) is 0 Å². The molecule has 0 atom stereocenters. The van der Waals surface area contributed by atoms with Crippen molar-refractivity contribution < 1.29 is 19.1 Å². The van der Waals surface area contributed by atoms with Gasteiger partial charge in [0, 0.05) is 31.1 Å². The van der Waals surface area contributed by atoms with E-state index < -0.39 is 0 Å². The van der Waals surface area contributed by atoms with Crippen LogP contribution in [-0.4, -0.2) is 42.6 Å². The van der Waals surface area contributed by atoms with E-state index in [4.69, 9.17) is 9.47 Å². The van der Waals surface area contributed by atoms with Gasteiger partial charge in [-0.15, -0.1) is 0 Å². The van der Waals surface area contributed by atoms with Crippen molar-refractivity contribution in [1.82, 2.24) is 10.2 Å². The lowest BCUT2D eigenvalue weighted by Crippen LogP contribution is -2.47. The molecule has 0 aromatic heterocycles.